The molecular formula is C22H27F2N3O3S. The summed E-state index contributed by atoms with van der Waals surface area (Å²) in [6.07, 6.45) is 2.59. The third-order valence-electron chi connectivity index (χ3n) is 6.05. The fourth-order valence-corrected chi connectivity index (χ4v) is 5.64. The van der Waals surface area contributed by atoms with Gasteiger partial charge in [-0.15, -0.1) is 0 Å². The number of benzene rings is 2. The van der Waals surface area contributed by atoms with Gasteiger partial charge >= 0.3 is 0 Å². The van der Waals surface area contributed by atoms with Crippen LogP contribution in [-0.4, -0.2) is 20.8 Å². The number of nitrogens with zero attached hydrogens (tertiary/aromatic N) is 1. The van der Waals surface area contributed by atoms with E-state index in [-0.39, 0.29) is 5.82 Å². The van der Waals surface area contributed by atoms with Gasteiger partial charge in [-0.1, -0.05) is 6.07 Å². The van der Waals surface area contributed by atoms with Crippen LogP contribution in [0.1, 0.15) is 54.5 Å². The zero-order valence-corrected chi connectivity index (χ0v) is 18.4. The van der Waals surface area contributed by atoms with Crippen molar-refractivity contribution in [1.29, 1.82) is 0 Å². The highest BCUT2D eigenvalue weighted by Gasteiger charge is 2.30. The first-order chi connectivity index (χ1) is 14.5. The Hall–Kier alpha value is -2.07. The number of aliphatic hydroxyl groups is 2. The Morgan fingerprint density at radius 3 is 2.19 bits per heavy atom. The van der Waals surface area contributed by atoms with Gasteiger partial charge in [-0.05, 0) is 92.3 Å². The van der Waals surface area contributed by atoms with Gasteiger partial charge in [0.2, 0.25) is 6.35 Å². The molecule has 2 aromatic rings. The van der Waals surface area contributed by atoms with Crippen molar-refractivity contribution in [2.24, 2.45) is 9.50 Å². The third-order valence-corrected chi connectivity index (χ3v) is 7.51. The van der Waals surface area contributed by atoms with E-state index in [4.69, 9.17) is 5.14 Å². The zero-order chi connectivity index (χ0) is 22.6. The van der Waals surface area contributed by atoms with Crippen LogP contribution in [0.3, 0.4) is 0 Å². The summed E-state index contributed by atoms with van der Waals surface area (Å²) >= 11 is 0. The van der Waals surface area contributed by atoms with E-state index in [2.05, 4.69) is 9.68 Å². The summed E-state index contributed by atoms with van der Waals surface area (Å²) < 4.78 is 46.0. The molecule has 0 aliphatic heterocycles. The summed E-state index contributed by atoms with van der Waals surface area (Å²) in [5, 5.41) is 29.4. The minimum atomic E-state index is -3.83. The van der Waals surface area contributed by atoms with Crippen LogP contribution < -0.4 is 10.5 Å². The molecule has 31 heavy (non-hydrogen) atoms. The third kappa shape index (κ3) is 4.07. The summed E-state index contributed by atoms with van der Waals surface area (Å²) in [6, 6.07) is 3.62. The van der Waals surface area contributed by atoms with Gasteiger partial charge in [0, 0.05) is 5.69 Å². The van der Waals surface area contributed by atoms with E-state index in [9.17, 15) is 23.2 Å². The number of halogens is 2. The summed E-state index contributed by atoms with van der Waals surface area (Å²) in [7, 11) is -3.83. The van der Waals surface area contributed by atoms with Gasteiger partial charge in [-0.3, -0.25) is 0 Å². The van der Waals surface area contributed by atoms with E-state index in [1.165, 1.54) is 26.0 Å². The zero-order valence-electron chi connectivity index (χ0n) is 17.5. The van der Waals surface area contributed by atoms with E-state index >= 15 is 0 Å². The van der Waals surface area contributed by atoms with Crippen LogP contribution in [0.15, 0.2) is 27.5 Å². The Kier molecular flexibility index (Phi) is 5.58. The lowest BCUT2D eigenvalue weighted by atomic mass is 9.98. The molecule has 2 aliphatic carbocycles. The van der Waals surface area contributed by atoms with Crippen molar-refractivity contribution < 1.29 is 23.2 Å². The van der Waals surface area contributed by atoms with Crippen molar-refractivity contribution in [1.82, 2.24) is 0 Å². The topological polar surface area (TPSA) is 108 Å². The molecule has 2 atom stereocenters. The molecule has 0 saturated heterocycles. The van der Waals surface area contributed by atoms with Crippen LogP contribution in [0.5, 0.6) is 0 Å². The molecule has 0 heterocycles. The summed E-state index contributed by atoms with van der Waals surface area (Å²) in [5.74, 6) is -0.995. The number of hydrogen-bond donors (Lipinski definition) is 4. The number of nitrogens with two attached hydrogens (primary N) is 1. The highest BCUT2D eigenvalue weighted by atomic mass is 32.2. The van der Waals surface area contributed by atoms with E-state index in [1.807, 2.05) is 0 Å². The Morgan fingerprint density at radius 2 is 1.65 bits per heavy atom. The van der Waals surface area contributed by atoms with Gasteiger partial charge in [-0.25, -0.2) is 18.1 Å². The molecule has 5 N–H and O–H groups in total. The molecular weight excluding hydrogens is 424 g/mol. The molecule has 2 aromatic carbocycles. The van der Waals surface area contributed by atoms with Gasteiger partial charge in [0.25, 0.3) is 0 Å². The molecule has 4 rings (SSSR count). The predicted molar refractivity (Wildman–Crippen MR) is 115 cm³/mol. The van der Waals surface area contributed by atoms with Crippen LogP contribution in [0.25, 0.3) is 0 Å². The molecule has 168 valence electrons. The first-order valence-electron chi connectivity index (χ1n) is 10.3. The van der Waals surface area contributed by atoms with E-state index in [0.717, 1.165) is 30.0 Å². The highest BCUT2D eigenvalue weighted by Crippen LogP contribution is 2.41. The lowest BCUT2D eigenvalue weighted by molar-refractivity contribution is 0.0782. The average Bonchev–Trinajstić information content (AvgIpc) is 3.34. The normalized spacial score (nSPS) is 18.3. The van der Waals surface area contributed by atoms with E-state index < -0.39 is 32.6 Å². The van der Waals surface area contributed by atoms with Crippen molar-refractivity contribution in [2.45, 2.75) is 69.2 Å². The Morgan fingerprint density at radius 1 is 1.10 bits per heavy atom. The monoisotopic (exact) mass is 451 g/mol. The van der Waals surface area contributed by atoms with Crippen molar-refractivity contribution in [3.8, 4) is 0 Å². The van der Waals surface area contributed by atoms with Gasteiger partial charge in [-0.2, -0.15) is 4.36 Å². The van der Waals surface area contributed by atoms with E-state index in [1.54, 1.807) is 0 Å². The first-order valence-corrected chi connectivity index (χ1v) is 11.9. The second-order valence-electron chi connectivity index (χ2n) is 8.71. The Labute approximate surface area is 180 Å². The summed E-state index contributed by atoms with van der Waals surface area (Å²) in [5.41, 5.74) is 2.58. The summed E-state index contributed by atoms with van der Waals surface area (Å²) in [6.45, 7) is 3.01. The smallest absolute Gasteiger partial charge is 0.233 e. The predicted octanol–water partition coefficient (Wildman–Crippen LogP) is 3.26. The van der Waals surface area contributed by atoms with Crippen molar-refractivity contribution in [3.63, 3.8) is 0 Å². The maximum atomic E-state index is 14.8. The molecule has 0 spiro atoms. The Bertz CT molecular complexity index is 1130. The molecule has 2 aliphatic rings. The van der Waals surface area contributed by atoms with Crippen LogP contribution in [0.4, 0.5) is 14.5 Å². The molecule has 0 bridgehead atoms. The van der Waals surface area contributed by atoms with Crippen molar-refractivity contribution in [2.75, 3.05) is 5.32 Å². The van der Waals surface area contributed by atoms with Gasteiger partial charge < -0.3 is 15.5 Å². The van der Waals surface area contributed by atoms with Crippen LogP contribution in [0.2, 0.25) is 0 Å². The highest BCUT2D eigenvalue weighted by molar-refractivity contribution is 7.91. The average molecular weight is 452 g/mol. The number of hydrogen-bond acceptors (Lipinski definition) is 5. The lowest BCUT2D eigenvalue weighted by Crippen LogP contribution is -2.25. The lowest BCUT2D eigenvalue weighted by Gasteiger charge is -2.21. The van der Waals surface area contributed by atoms with Crippen molar-refractivity contribution >= 4 is 15.6 Å². The second-order valence-corrected chi connectivity index (χ2v) is 10.5. The molecule has 0 aromatic heterocycles. The first kappa shape index (κ1) is 22.1. The molecule has 0 radical (unpaired) electrons. The number of aliphatic hydroxyl groups excluding tert-OH is 1. The quantitative estimate of drug-likeness (QED) is 0.523. The second kappa shape index (κ2) is 7.81. The molecule has 0 fully saturated rings. The minimum absolute atomic E-state index is 0.148. The number of rotatable bonds is 5. The molecule has 9 heteroatoms. The fourth-order valence-electron chi connectivity index (χ4n) is 4.53. The molecule has 0 saturated carbocycles. The largest absolute Gasteiger partial charge is 0.386 e. The Balaban J connectivity index is 1.71. The van der Waals surface area contributed by atoms with Crippen molar-refractivity contribution in [3.05, 3.63) is 57.7 Å². The minimum Gasteiger partial charge on any atom is -0.386 e. The SMILES string of the molecule is CC(C)(O)c1ccc(F)c(S(N)(=O)=NC(O)Nc2c3c(c(F)c4c2CCC4)CCC3)c1. The standard InChI is InChI=1S/C22H27F2N3O3S/c1-22(2,29)12-9-10-17(23)18(11-12)31(25,30)27-21(28)26-20-15-7-3-5-13(15)19(24)14-6-4-8-16(14)20/h9-11,21,26,28-29H,3-8H2,1-2H3,(H2,25,27,30). The summed E-state index contributed by atoms with van der Waals surface area (Å²) in [4.78, 5) is -0.400. The number of anilines is 1. The molecule has 2 unspecified atom stereocenters. The van der Waals surface area contributed by atoms with E-state index in [0.29, 0.717) is 48.1 Å². The fraction of sp³-hybridized carbons (Fsp3) is 0.455. The maximum Gasteiger partial charge on any atom is 0.233 e. The van der Waals surface area contributed by atoms with Crippen LogP contribution >= 0.6 is 0 Å². The van der Waals surface area contributed by atoms with Gasteiger partial charge in [0.1, 0.15) is 21.5 Å². The number of fused-ring (bicyclic) bond motifs is 2. The maximum absolute atomic E-state index is 14.8. The van der Waals surface area contributed by atoms with Gasteiger partial charge in [0.05, 0.1) is 10.5 Å². The van der Waals surface area contributed by atoms with Gasteiger partial charge in [0.15, 0.2) is 0 Å². The van der Waals surface area contributed by atoms with Crippen LogP contribution in [-0.2, 0) is 41.2 Å². The molecule has 0 amide bonds. The number of nitrogens with one attached hydrogen (secondary N) is 1. The van der Waals surface area contributed by atoms with Crippen LogP contribution in [0, 0.1) is 11.6 Å². The molecule has 6 nitrogen and oxygen atoms in total.